The summed E-state index contributed by atoms with van der Waals surface area (Å²) in [5, 5.41) is 5.62. The van der Waals surface area contributed by atoms with Gasteiger partial charge in [0, 0.05) is 11.9 Å². The molecule has 3 heterocycles. The molecule has 0 amide bonds. The zero-order valence-electron chi connectivity index (χ0n) is 11.4. The summed E-state index contributed by atoms with van der Waals surface area (Å²) in [7, 11) is 0. The highest BCUT2D eigenvalue weighted by atomic mass is 32.1. The predicted molar refractivity (Wildman–Crippen MR) is 91.3 cm³/mol. The summed E-state index contributed by atoms with van der Waals surface area (Å²) in [4.78, 5) is 8.82. The summed E-state index contributed by atoms with van der Waals surface area (Å²) < 4.78 is 2.44. The van der Waals surface area contributed by atoms with Crippen molar-refractivity contribution in [3.05, 3.63) is 53.0 Å². The Labute approximate surface area is 130 Å². The monoisotopic (exact) mass is 311 g/mol. The summed E-state index contributed by atoms with van der Waals surface area (Å²) in [5.41, 5.74) is 6.33. The second kappa shape index (κ2) is 5.09. The van der Waals surface area contributed by atoms with Crippen molar-refractivity contribution >= 4 is 48.8 Å². The standard InChI is InChI=1S/C16H13N3S2/c1-10(11-6-15-14(17-8-11)4-5-20-15)19-12-2-3-13-16(7-12)21-9-18-13/h2-10,19H,1H3. The number of hydrogen-bond donors (Lipinski definition) is 1. The van der Waals surface area contributed by atoms with Gasteiger partial charge in [-0.15, -0.1) is 22.7 Å². The molecule has 0 fully saturated rings. The van der Waals surface area contributed by atoms with E-state index >= 15 is 0 Å². The topological polar surface area (TPSA) is 37.8 Å². The van der Waals surface area contributed by atoms with Crippen LogP contribution >= 0.6 is 22.7 Å². The first-order valence-corrected chi connectivity index (χ1v) is 8.48. The number of fused-ring (bicyclic) bond motifs is 2. The Morgan fingerprint density at radius 2 is 1.86 bits per heavy atom. The molecule has 5 heteroatoms. The molecule has 1 aromatic carbocycles. The number of benzene rings is 1. The molecule has 4 aromatic rings. The van der Waals surface area contributed by atoms with E-state index in [0.717, 1.165) is 16.7 Å². The van der Waals surface area contributed by atoms with Crippen molar-refractivity contribution in [1.29, 1.82) is 0 Å². The van der Waals surface area contributed by atoms with Crippen molar-refractivity contribution < 1.29 is 0 Å². The summed E-state index contributed by atoms with van der Waals surface area (Å²) >= 11 is 3.40. The number of thiazole rings is 1. The normalized spacial score (nSPS) is 12.8. The Balaban J connectivity index is 1.62. The third-order valence-corrected chi connectivity index (χ3v) is 5.18. The highest BCUT2D eigenvalue weighted by Gasteiger charge is 2.08. The summed E-state index contributed by atoms with van der Waals surface area (Å²) in [6.45, 7) is 2.16. The first-order valence-electron chi connectivity index (χ1n) is 6.72. The van der Waals surface area contributed by atoms with E-state index in [9.17, 15) is 0 Å². The number of thiophene rings is 1. The maximum Gasteiger partial charge on any atom is 0.0813 e. The summed E-state index contributed by atoms with van der Waals surface area (Å²) in [6, 6.07) is 10.8. The third kappa shape index (κ3) is 2.39. The van der Waals surface area contributed by atoms with Crippen LogP contribution in [0.2, 0.25) is 0 Å². The average Bonchev–Trinajstić information content (AvgIpc) is 3.14. The Morgan fingerprint density at radius 1 is 1.00 bits per heavy atom. The molecule has 4 rings (SSSR count). The molecule has 21 heavy (non-hydrogen) atoms. The van der Waals surface area contributed by atoms with E-state index in [4.69, 9.17) is 0 Å². The molecule has 0 spiro atoms. The molecule has 0 aliphatic rings. The molecule has 1 N–H and O–H groups in total. The fourth-order valence-corrected chi connectivity index (χ4v) is 3.88. The molecule has 0 saturated carbocycles. The van der Waals surface area contributed by atoms with Gasteiger partial charge in [-0.1, -0.05) is 0 Å². The van der Waals surface area contributed by atoms with Crippen molar-refractivity contribution in [2.75, 3.05) is 5.32 Å². The molecule has 1 unspecified atom stereocenters. The smallest absolute Gasteiger partial charge is 0.0813 e. The van der Waals surface area contributed by atoms with E-state index in [0.29, 0.717) is 0 Å². The molecule has 0 radical (unpaired) electrons. The molecule has 1 atom stereocenters. The van der Waals surface area contributed by atoms with Crippen LogP contribution in [0.5, 0.6) is 0 Å². The van der Waals surface area contributed by atoms with E-state index in [-0.39, 0.29) is 6.04 Å². The molecular formula is C16H13N3S2. The van der Waals surface area contributed by atoms with Gasteiger partial charge in [0.1, 0.15) is 0 Å². The average molecular weight is 311 g/mol. The van der Waals surface area contributed by atoms with E-state index in [1.165, 1.54) is 15.0 Å². The zero-order valence-corrected chi connectivity index (χ0v) is 13.0. The van der Waals surface area contributed by atoms with Crippen molar-refractivity contribution in [3.63, 3.8) is 0 Å². The number of anilines is 1. The van der Waals surface area contributed by atoms with Gasteiger partial charge in [-0.3, -0.25) is 4.98 Å². The Morgan fingerprint density at radius 3 is 2.81 bits per heavy atom. The van der Waals surface area contributed by atoms with Crippen molar-refractivity contribution in [3.8, 4) is 0 Å². The van der Waals surface area contributed by atoms with Crippen LogP contribution in [0.15, 0.2) is 47.4 Å². The van der Waals surface area contributed by atoms with Crippen LogP contribution in [0, 0.1) is 0 Å². The second-order valence-electron chi connectivity index (χ2n) is 4.97. The lowest BCUT2D eigenvalue weighted by molar-refractivity contribution is 0.881. The molecule has 0 aliphatic heterocycles. The number of pyridine rings is 1. The van der Waals surface area contributed by atoms with Crippen molar-refractivity contribution in [1.82, 2.24) is 9.97 Å². The number of rotatable bonds is 3. The van der Waals surface area contributed by atoms with Crippen LogP contribution in [0.3, 0.4) is 0 Å². The Hall–Kier alpha value is -1.98. The van der Waals surface area contributed by atoms with Gasteiger partial charge in [0.15, 0.2) is 0 Å². The number of aromatic nitrogens is 2. The molecule has 3 nitrogen and oxygen atoms in total. The van der Waals surface area contributed by atoms with E-state index < -0.39 is 0 Å². The van der Waals surface area contributed by atoms with E-state index in [1.54, 1.807) is 22.7 Å². The first-order chi connectivity index (χ1) is 10.3. The van der Waals surface area contributed by atoms with Gasteiger partial charge in [-0.05, 0) is 48.2 Å². The maximum atomic E-state index is 4.51. The molecular weight excluding hydrogens is 298 g/mol. The van der Waals surface area contributed by atoms with E-state index in [1.807, 2.05) is 11.7 Å². The molecule has 3 aromatic heterocycles. The predicted octanol–water partition coefficient (Wildman–Crippen LogP) is 5.08. The quantitative estimate of drug-likeness (QED) is 0.573. The minimum atomic E-state index is 0.217. The summed E-state index contributed by atoms with van der Waals surface area (Å²) in [6.07, 6.45) is 1.96. The van der Waals surface area contributed by atoms with Crippen LogP contribution in [-0.2, 0) is 0 Å². The first kappa shape index (κ1) is 12.7. The van der Waals surface area contributed by atoms with Gasteiger partial charge in [0.05, 0.1) is 32.0 Å². The van der Waals surface area contributed by atoms with Gasteiger partial charge >= 0.3 is 0 Å². The van der Waals surface area contributed by atoms with Crippen molar-refractivity contribution in [2.24, 2.45) is 0 Å². The molecule has 104 valence electrons. The highest BCUT2D eigenvalue weighted by Crippen LogP contribution is 2.27. The number of nitrogens with one attached hydrogen (secondary N) is 1. The lowest BCUT2D eigenvalue weighted by Crippen LogP contribution is -2.06. The minimum absolute atomic E-state index is 0.217. The van der Waals surface area contributed by atoms with Crippen LogP contribution < -0.4 is 5.32 Å². The number of hydrogen-bond acceptors (Lipinski definition) is 5. The van der Waals surface area contributed by atoms with Crippen molar-refractivity contribution in [2.45, 2.75) is 13.0 Å². The number of nitrogens with zero attached hydrogens (tertiary/aromatic N) is 2. The van der Waals surface area contributed by atoms with Crippen LogP contribution in [0.1, 0.15) is 18.5 Å². The van der Waals surface area contributed by atoms with Gasteiger partial charge < -0.3 is 5.32 Å². The largest absolute Gasteiger partial charge is 0.378 e. The van der Waals surface area contributed by atoms with Gasteiger partial charge in [0.25, 0.3) is 0 Å². The minimum Gasteiger partial charge on any atom is -0.378 e. The Bertz CT molecular complexity index is 910. The zero-order chi connectivity index (χ0) is 14.2. The fraction of sp³-hybridized carbons (Fsp3) is 0.125. The highest BCUT2D eigenvalue weighted by molar-refractivity contribution is 7.17. The SMILES string of the molecule is CC(Nc1ccc2ncsc2c1)c1cnc2ccsc2c1. The third-order valence-electron chi connectivity index (χ3n) is 3.54. The molecule has 0 aliphatic carbocycles. The lowest BCUT2D eigenvalue weighted by atomic mass is 10.1. The van der Waals surface area contributed by atoms with Gasteiger partial charge in [-0.25, -0.2) is 4.98 Å². The van der Waals surface area contributed by atoms with E-state index in [2.05, 4.69) is 57.9 Å². The van der Waals surface area contributed by atoms with Gasteiger partial charge in [0.2, 0.25) is 0 Å². The van der Waals surface area contributed by atoms with Crippen LogP contribution in [0.4, 0.5) is 5.69 Å². The molecule has 0 bridgehead atoms. The van der Waals surface area contributed by atoms with Gasteiger partial charge in [-0.2, -0.15) is 0 Å². The summed E-state index contributed by atoms with van der Waals surface area (Å²) in [5.74, 6) is 0. The second-order valence-corrected chi connectivity index (χ2v) is 6.81. The lowest BCUT2D eigenvalue weighted by Gasteiger charge is -2.15. The van der Waals surface area contributed by atoms with Crippen LogP contribution in [0.25, 0.3) is 20.4 Å². The van der Waals surface area contributed by atoms with Crippen LogP contribution in [-0.4, -0.2) is 9.97 Å². The molecule has 0 saturated heterocycles. The maximum absolute atomic E-state index is 4.51. The Kier molecular flexibility index (Phi) is 3.09. The fourth-order valence-electron chi connectivity index (χ4n) is 2.38.